The van der Waals surface area contributed by atoms with Crippen molar-refractivity contribution in [1.29, 1.82) is 0 Å². The van der Waals surface area contributed by atoms with E-state index in [1.54, 1.807) is 0 Å². The molecule has 6 nitrogen and oxygen atoms in total. The van der Waals surface area contributed by atoms with Gasteiger partial charge in [0.15, 0.2) is 6.10 Å². The second kappa shape index (κ2) is 54.7. The van der Waals surface area contributed by atoms with E-state index in [0.29, 0.717) is 12.8 Å². The first-order valence-corrected chi connectivity index (χ1v) is 27.4. The van der Waals surface area contributed by atoms with Crippen molar-refractivity contribution in [3.05, 3.63) is 109 Å². The Kier molecular flexibility index (Phi) is 51.5. The lowest BCUT2D eigenvalue weighted by atomic mass is 10.1. The Morgan fingerprint density at radius 1 is 0.313 bits per heavy atom. The number of carbonyl (C=O) groups is 3. The summed E-state index contributed by atoms with van der Waals surface area (Å²) in [6.07, 6.45) is 73.5. The van der Waals surface area contributed by atoms with E-state index in [0.717, 1.165) is 135 Å². The Morgan fingerprint density at radius 3 is 0.970 bits per heavy atom. The number of unbranched alkanes of at least 4 members (excludes halogenated alkanes) is 19. The first kappa shape index (κ1) is 63.1. The molecule has 0 rings (SSSR count). The van der Waals surface area contributed by atoms with Crippen molar-refractivity contribution in [3.63, 3.8) is 0 Å². The van der Waals surface area contributed by atoms with Crippen LogP contribution in [0.3, 0.4) is 0 Å². The molecule has 0 aromatic carbocycles. The Balaban J connectivity index is 4.52. The van der Waals surface area contributed by atoms with Gasteiger partial charge in [0.25, 0.3) is 0 Å². The predicted molar refractivity (Wildman–Crippen MR) is 288 cm³/mol. The monoisotopic (exact) mass is 929 g/mol. The molecule has 0 unspecified atom stereocenters. The smallest absolute Gasteiger partial charge is 0.306 e. The third-order valence-corrected chi connectivity index (χ3v) is 11.2. The van der Waals surface area contributed by atoms with E-state index in [-0.39, 0.29) is 37.5 Å². The molecule has 0 bridgehead atoms. The van der Waals surface area contributed by atoms with E-state index in [4.69, 9.17) is 14.2 Å². The molecule has 0 saturated carbocycles. The van der Waals surface area contributed by atoms with Crippen LogP contribution in [0.15, 0.2) is 109 Å². The normalized spacial score (nSPS) is 12.9. The average Bonchev–Trinajstić information content (AvgIpc) is 3.33. The summed E-state index contributed by atoms with van der Waals surface area (Å²) in [4.78, 5) is 38.1. The van der Waals surface area contributed by atoms with Gasteiger partial charge in [-0.1, -0.05) is 201 Å². The minimum Gasteiger partial charge on any atom is -0.462 e. The minimum atomic E-state index is -0.810. The lowest BCUT2D eigenvalue weighted by Gasteiger charge is -2.18. The third kappa shape index (κ3) is 52.9. The van der Waals surface area contributed by atoms with Gasteiger partial charge < -0.3 is 14.2 Å². The van der Waals surface area contributed by atoms with Gasteiger partial charge in [0.2, 0.25) is 0 Å². The van der Waals surface area contributed by atoms with Crippen LogP contribution in [0.2, 0.25) is 0 Å². The van der Waals surface area contributed by atoms with E-state index >= 15 is 0 Å². The number of ether oxygens (including phenoxy) is 3. The summed E-state index contributed by atoms with van der Waals surface area (Å²) >= 11 is 0. The summed E-state index contributed by atoms with van der Waals surface area (Å²) < 4.78 is 16.8. The fourth-order valence-electron chi connectivity index (χ4n) is 7.12. The highest BCUT2D eigenvalue weighted by molar-refractivity contribution is 5.71. The van der Waals surface area contributed by atoms with Gasteiger partial charge in [-0.2, -0.15) is 0 Å². The second-order valence-corrected chi connectivity index (χ2v) is 17.7. The third-order valence-electron chi connectivity index (χ3n) is 11.2. The summed E-state index contributed by atoms with van der Waals surface area (Å²) in [7, 11) is 0. The second-order valence-electron chi connectivity index (χ2n) is 17.7. The van der Waals surface area contributed by atoms with Crippen molar-refractivity contribution in [2.45, 2.75) is 245 Å². The van der Waals surface area contributed by atoms with Gasteiger partial charge in [-0.25, -0.2) is 0 Å². The number of hydrogen-bond acceptors (Lipinski definition) is 6. The fourth-order valence-corrected chi connectivity index (χ4v) is 7.12. The van der Waals surface area contributed by atoms with Crippen LogP contribution in [0.5, 0.6) is 0 Å². The number of esters is 3. The van der Waals surface area contributed by atoms with Crippen LogP contribution in [-0.4, -0.2) is 37.2 Å². The first-order valence-electron chi connectivity index (χ1n) is 27.4. The van der Waals surface area contributed by atoms with E-state index in [1.807, 2.05) is 0 Å². The summed E-state index contributed by atoms with van der Waals surface area (Å²) in [5.74, 6) is -0.972. The molecule has 0 aliphatic heterocycles. The fraction of sp³-hybridized carbons (Fsp3) is 0.656. The van der Waals surface area contributed by atoms with Crippen LogP contribution < -0.4 is 0 Å². The van der Waals surface area contributed by atoms with Crippen LogP contribution in [0.1, 0.15) is 239 Å². The standard InChI is InChI=1S/C61H100O6/c1-4-7-10-13-16-19-22-25-27-29-30-32-34-37-40-43-46-49-52-55-61(64)67-58(56-65-59(62)53-50-47-44-41-38-35-24-21-18-15-12-9-6-3)57-66-60(63)54-51-48-45-42-39-36-33-31-28-26-23-20-17-14-11-8-5-2/h8,11,16-17,19-21,24-28,30,32-33,36-37,40,58H,4-7,9-10,12-15,18,22-23,29,31,34-35,38-39,41-57H2,1-3H3/b11-8-,19-16-,20-17-,24-21-,27-25-,28-26-,32-30-,36-33-,40-37-/t58-/m0/s1. The Bertz CT molecular complexity index is 1390. The quantitative estimate of drug-likeness (QED) is 0.0262. The molecule has 0 aliphatic rings. The molecule has 0 aromatic heterocycles. The zero-order valence-electron chi connectivity index (χ0n) is 43.4. The van der Waals surface area contributed by atoms with Crippen LogP contribution in [0, 0.1) is 0 Å². The lowest BCUT2D eigenvalue weighted by Crippen LogP contribution is -2.30. The molecule has 6 heteroatoms. The molecule has 0 saturated heterocycles. The van der Waals surface area contributed by atoms with E-state index in [2.05, 4.69) is 130 Å². The Hall–Kier alpha value is -3.93. The molecule has 67 heavy (non-hydrogen) atoms. The molecular formula is C61H100O6. The number of allylic oxidation sites excluding steroid dienone is 18. The van der Waals surface area contributed by atoms with Gasteiger partial charge in [-0.05, 0) is 128 Å². The van der Waals surface area contributed by atoms with Crippen molar-refractivity contribution >= 4 is 17.9 Å². The van der Waals surface area contributed by atoms with Crippen molar-refractivity contribution in [2.24, 2.45) is 0 Å². The summed E-state index contributed by atoms with van der Waals surface area (Å²) in [6.45, 7) is 6.42. The first-order chi connectivity index (χ1) is 33.0. The highest BCUT2D eigenvalue weighted by Gasteiger charge is 2.19. The van der Waals surface area contributed by atoms with Crippen molar-refractivity contribution in [3.8, 4) is 0 Å². The molecule has 0 aliphatic carbocycles. The van der Waals surface area contributed by atoms with E-state index in [9.17, 15) is 14.4 Å². The Labute approximate surface area is 412 Å². The van der Waals surface area contributed by atoms with Gasteiger partial charge in [-0.3, -0.25) is 14.4 Å². The highest BCUT2D eigenvalue weighted by atomic mass is 16.6. The molecule has 0 aromatic rings. The molecule has 0 heterocycles. The molecule has 0 spiro atoms. The molecule has 380 valence electrons. The zero-order chi connectivity index (χ0) is 48.6. The highest BCUT2D eigenvalue weighted by Crippen LogP contribution is 2.13. The molecular weight excluding hydrogens is 829 g/mol. The number of rotatable bonds is 48. The number of hydrogen-bond donors (Lipinski definition) is 0. The van der Waals surface area contributed by atoms with Crippen LogP contribution in [0.4, 0.5) is 0 Å². The van der Waals surface area contributed by atoms with Crippen molar-refractivity contribution < 1.29 is 28.6 Å². The molecule has 0 radical (unpaired) electrons. The van der Waals surface area contributed by atoms with Crippen LogP contribution in [-0.2, 0) is 28.6 Å². The number of carbonyl (C=O) groups excluding carboxylic acids is 3. The Morgan fingerprint density at radius 2 is 0.582 bits per heavy atom. The average molecular weight is 929 g/mol. The van der Waals surface area contributed by atoms with E-state index < -0.39 is 6.10 Å². The van der Waals surface area contributed by atoms with Gasteiger partial charge in [-0.15, -0.1) is 0 Å². The largest absolute Gasteiger partial charge is 0.462 e. The molecule has 0 amide bonds. The summed E-state index contributed by atoms with van der Waals surface area (Å²) in [6, 6.07) is 0. The van der Waals surface area contributed by atoms with Crippen LogP contribution in [0.25, 0.3) is 0 Å². The van der Waals surface area contributed by atoms with Gasteiger partial charge in [0, 0.05) is 19.3 Å². The van der Waals surface area contributed by atoms with E-state index in [1.165, 1.54) is 64.2 Å². The topological polar surface area (TPSA) is 78.9 Å². The van der Waals surface area contributed by atoms with Gasteiger partial charge >= 0.3 is 17.9 Å². The lowest BCUT2D eigenvalue weighted by molar-refractivity contribution is -0.167. The molecule has 1 atom stereocenters. The van der Waals surface area contributed by atoms with Crippen molar-refractivity contribution in [1.82, 2.24) is 0 Å². The maximum absolute atomic E-state index is 12.8. The van der Waals surface area contributed by atoms with Crippen molar-refractivity contribution in [2.75, 3.05) is 13.2 Å². The predicted octanol–water partition coefficient (Wildman–Crippen LogP) is 18.3. The minimum absolute atomic E-state index is 0.105. The van der Waals surface area contributed by atoms with Gasteiger partial charge in [0.1, 0.15) is 13.2 Å². The molecule has 0 N–H and O–H groups in total. The van der Waals surface area contributed by atoms with Gasteiger partial charge in [0.05, 0.1) is 0 Å². The maximum atomic E-state index is 12.8. The summed E-state index contributed by atoms with van der Waals surface area (Å²) in [5.41, 5.74) is 0. The van der Waals surface area contributed by atoms with Crippen LogP contribution >= 0.6 is 0 Å². The maximum Gasteiger partial charge on any atom is 0.306 e. The summed E-state index contributed by atoms with van der Waals surface area (Å²) in [5, 5.41) is 0. The zero-order valence-corrected chi connectivity index (χ0v) is 43.4. The SMILES string of the molecule is CC/C=C\C/C=C\C/C=C\C/C=C\CCCCCCC(=O)OC[C@H](COC(=O)CCCCCCC/C=C\CCCCCC)OC(=O)CCCCC/C=C\C/C=C\C/C=C\C/C=C\CCCCC. The molecule has 0 fully saturated rings.